The highest BCUT2D eigenvalue weighted by Crippen LogP contribution is 1.93. The molecule has 0 radical (unpaired) electrons. The second-order valence-electron chi connectivity index (χ2n) is 3.20. The van der Waals surface area contributed by atoms with Crippen LogP contribution in [0.4, 0.5) is 0 Å². The van der Waals surface area contributed by atoms with E-state index in [0.717, 1.165) is 12.1 Å². The van der Waals surface area contributed by atoms with Gasteiger partial charge in [-0.3, -0.25) is 0 Å². The fraction of sp³-hybridized carbons (Fsp3) is 0.471. The third-order valence-electron chi connectivity index (χ3n) is 0.904. The first-order chi connectivity index (χ1) is 26.2. The quantitative estimate of drug-likeness (QED) is 0.185. The van der Waals surface area contributed by atoms with Crippen LogP contribution in [-0.2, 0) is 0 Å². The predicted molar refractivity (Wildman–Crippen MR) is 177 cm³/mol. The molecule has 0 unspecified atom stereocenters. The van der Waals surface area contributed by atoms with E-state index in [1.165, 1.54) is 20.8 Å². The van der Waals surface area contributed by atoms with E-state index in [-0.39, 0.29) is 41.7 Å². The van der Waals surface area contributed by atoms with Crippen molar-refractivity contribution in [1.29, 1.82) is 31.6 Å². The Hall–Kier alpha value is -5.16. The first-order valence-electron chi connectivity index (χ1n) is 19.7. The molecule has 6 heteroatoms. The van der Waals surface area contributed by atoms with E-state index in [2.05, 4.69) is 18.8 Å². The lowest BCUT2D eigenvalue weighted by molar-refractivity contribution is 0.969. The molecule has 40 heavy (non-hydrogen) atoms. The Balaban J connectivity index is -0.0000000486. The zero-order valence-corrected chi connectivity index (χ0v) is 20.1. The summed E-state index contributed by atoms with van der Waals surface area (Å²) in [6.07, 6.45) is 5.14. The Bertz CT molecular complexity index is 1690. The van der Waals surface area contributed by atoms with E-state index in [0.29, 0.717) is 0 Å². The van der Waals surface area contributed by atoms with Gasteiger partial charge in [0.25, 0.3) is 0 Å². The number of nitrogens with zero attached hydrogens (tertiary/aromatic N) is 6. The van der Waals surface area contributed by atoms with Crippen LogP contribution >= 0.6 is 0 Å². The Morgan fingerprint density at radius 1 is 0.725 bits per heavy atom. The lowest BCUT2D eigenvalue weighted by Gasteiger charge is -1.80. The third kappa shape index (κ3) is 426. The van der Waals surface area contributed by atoms with Crippen LogP contribution in [0.2, 0.25) is 0 Å². The second kappa shape index (κ2) is 145. The average molecular weight is 577 g/mol. The molecule has 222 valence electrons. The molecule has 0 N–H and O–H groups in total. The first-order valence-corrected chi connectivity index (χ1v) is 8.16. The van der Waals surface area contributed by atoms with Crippen LogP contribution in [0.25, 0.3) is 0 Å². The van der Waals surface area contributed by atoms with Crippen molar-refractivity contribution in [2.75, 3.05) is 0 Å². The molecule has 0 saturated carbocycles. The van der Waals surface area contributed by atoms with Gasteiger partial charge in [0.2, 0.25) is 0 Å². The second-order valence-corrected chi connectivity index (χ2v) is 3.20. The van der Waals surface area contributed by atoms with Gasteiger partial charge in [-0.2, -0.15) is 31.6 Å². The highest BCUT2D eigenvalue weighted by molar-refractivity contribution is 5.27. The van der Waals surface area contributed by atoms with Crippen molar-refractivity contribution in [1.82, 2.24) is 0 Å². The highest BCUT2D eigenvalue weighted by atomic mass is 15.1. The lowest BCUT2D eigenvalue weighted by Crippen LogP contribution is -1.66. The summed E-state index contributed by atoms with van der Waals surface area (Å²) in [5.74, 6) is 5.85. The van der Waals surface area contributed by atoms with Gasteiger partial charge in [0.15, 0.2) is 0 Å². The molecule has 0 aliphatic carbocycles. The molecule has 1 aromatic rings. The molecule has 6 nitrogen and oxygen atoms in total. The third-order valence-corrected chi connectivity index (χ3v) is 0.904. The molecule has 0 heterocycles. The van der Waals surface area contributed by atoms with Gasteiger partial charge in [-0.1, -0.05) is 68.4 Å². The zero-order valence-electron chi connectivity index (χ0n) is 43.1. The van der Waals surface area contributed by atoms with Crippen molar-refractivity contribution >= 4 is 0 Å². The number of terminal acetylenes is 3. The molecule has 0 atom stereocenters. The van der Waals surface area contributed by atoms with Gasteiger partial charge in [0.05, 0.1) is 48.8 Å². The first kappa shape index (κ1) is 19.0. The summed E-state index contributed by atoms with van der Waals surface area (Å²) in [7, 11) is 0. The van der Waals surface area contributed by atoms with Crippen molar-refractivity contribution in [3.05, 3.63) is 35.8 Å². The molecule has 1 rings (SSSR count). The summed E-state index contributed by atoms with van der Waals surface area (Å²) >= 11 is 0. The van der Waals surface area contributed by atoms with E-state index in [4.69, 9.17) is 69.5 Å². The maximum atomic E-state index is 8.52. The molecule has 0 spiro atoms. The molecule has 0 aliphatic heterocycles. The van der Waals surface area contributed by atoms with Gasteiger partial charge in [-0.15, -0.1) is 37.0 Å². The lowest BCUT2D eigenvalue weighted by atomic mass is 10.2. The largest absolute Gasteiger partial charge is 0.199 e. The van der Waals surface area contributed by atoms with Gasteiger partial charge < -0.3 is 0 Å². The monoisotopic (exact) mass is 577 g/mol. The molecular formula is C34H56N6. The molecular weight excluding hydrogens is 497 g/mol. The van der Waals surface area contributed by atoms with Crippen molar-refractivity contribution in [3.8, 4) is 73.4 Å². The summed E-state index contributed by atoms with van der Waals surface area (Å²) in [6.45, 7) is -4.23. The normalized spacial score (nSPS) is 15.1. The van der Waals surface area contributed by atoms with Crippen molar-refractivity contribution < 1.29 is 31.5 Å². The predicted octanol–water partition coefficient (Wildman–Crippen LogP) is 10.2. The van der Waals surface area contributed by atoms with Crippen molar-refractivity contribution in [3.63, 3.8) is 0 Å². The maximum absolute atomic E-state index is 8.52. The number of benzene rings is 1. The van der Waals surface area contributed by atoms with Crippen LogP contribution in [0.15, 0.2) is 30.2 Å². The summed E-state index contributed by atoms with van der Waals surface area (Å²) in [5.41, 5.74) is -0.314. The SMILES string of the molecule is C.C.C.C.C#[13C][13CH3].CC#[15N].C[13C]#N.[13CH3]C#N.[2H]C([2H])([2H])C#N.[2H]C([2H])([2H])C([2H])([2H])C#C.[2H]C([2H])([2H])C([2H])([2H])C([2H])([2H])C#N.[2H]C([2H])([2H])CC#C.[2H]c1c([2H])c([2H])c(C#N)c([2H])c1[2H]. The number of rotatable bonds is 1. The Morgan fingerprint density at radius 3 is 1.25 bits per heavy atom. The molecule has 0 amide bonds. The molecule has 0 aliphatic rings. The van der Waals surface area contributed by atoms with Gasteiger partial charge in [-0.05, 0) is 25.4 Å². The molecule has 0 fully saturated rings. The summed E-state index contributed by atoms with van der Waals surface area (Å²) in [4.78, 5) is 0. The Labute approximate surface area is 283 Å². The number of hydrogen-bond donors (Lipinski definition) is 0. The van der Waals surface area contributed by atoms with Gasteiger partial charge in [0, 0.05) is 71.5 Å². The van der Waals surface area contributed by atoms with E-state index in [9.17, 15) is 0 Å². The fourth-order valence-corrected chi connectivity index (χ4v) is 0.334. The smallest absolute Gasteiger partial charge is 0.0991 e. The van der Waals surface area contributed by atoms with Gasteiger partial charge in [-0.25, -0.2) is 0 Å². The highest BCUT2D eigenvalue weighted by Gasteiger charge is 1.79. The van der Waals surface area contributed by atoms with Gasteiger partial charge >= 0.3 is 0 Å². The topological polar surface area (TPSA) is 143 Å². The van der Waals surface area contributed by atoms with Crippen LogP contribution in [0.1, 0.15) is 147 Å². The molecule has 1 aromatic carbocycles. The Kier molecular flexibility index (Phi) is 69.0. The Morgan fingerprint density at radius 2 is 1.12 bits per heavy atom. The number of nitriles is 6. The summed E-state index contributed by atoms with van der Waals surface area (Å²) < 4.78 is 154. The van der Waals surface area contributed by atoms with E-state index >= 15 is 0 Å². The van der Waals surface area contributed by atoms with Crippen molar-refractivity contribution in [2.45, 2.75) is 110 Å². The van der Waals surface area contributed by atoms with E-state index < -0.39 is 76.7 Å². The van der Waals surface area contributed by atoms with Crippen LogP contribution in [0.3, 0.4) is 0 Å². The minimum Gasteiger partial charge on any atom is -0.199 e. The summed E-state index contributed by atoms with van der Waals surface area (Å²) in [5, 5.41) is 46.2. The molecule has 0 saturated heterocycles. The minimum absolute atomic E-state index is 0. The zero-order chi connectivity index (χ0) is 50.0. The van der Waals surface area contributed by atoms with E-state index in [1.807, 2.05) is 5.92 Å². The summed E-state index contributed by atoms with van der Waals surface area (Å²) in [6, 6.07) is 6.59. The minimum atomic E-state index is -3.14. The standard InChI is InChI=1S/C7H5N.C4H7N.2C4H6.C3H4.4C2H3N.4CH4/c8-6-7-4-2-1-3-5-7;1-2-3-4-5;2*1-3-4-2;1-3-2;4*1-2-3;;;;/h1-5H;2-3H2,1H3;2*1H,4H2,2H3;1H,2H3;4*1H3;4*1H4/i1D,2D,3D,4D,5D;1D3,2D2,3D2;2D3,4D2;2D3;2+1,3+1;3+1;2+1;1+1;1D3;;;;. The van der Waals surface area contributed by atoms with Crippen molar-refractivity contribution in [2.24, 2.45) is 0 Å². The average Bonchev–Trinajstić information content (AvgIpc) is 3.07. The van der Waals surface area contributed by atoms with Gasteiger partial charge in [0.1, 0.15) is 0 Å². The fourth-order valence-electron chi connectivity index (χ4n) is 0.334. The van der Waals surface area contributed by atoms with Crippen LogP contribution < -0.4 is 0 Å². The van der Waals surface area contributed by atoms with Crippen LogP contribution in [0.5, 0.6) is 0 Å². The van der Waals surface area contributed by atoms with E-state index in [1.54, 1.807) is 37.1 Å². The molecule has 0 bridgehead atoms. The van der Waals surface area contributed by atoms with Crippen LogP contribution in [0, 0.1) is 105 Å². The maximum Gasteiger partial charge on any atom is 0.0991 e. The number of hydrogen-bond acceptors (Lipinski definition) is 6. The van der Waals surface area contributed by atoms with Crippen LogP contribution in [-0.4, -0.2) is 0 Å². The molecule has 0 aromatic heterocycles.